The fraction of sp³-hybridized carbons (Fsp3) is 0. The largest absolute Gasteiger partial charge is 0.295 e. The summed E-state index contributed by atoms with van der Waals surface area (Å²) >= 11 is 1.84. The smallest absolute Gasteiger partial charge is 0.131 e. The molecule has 0 spiro atoms. The summed E-state index contributed by atoms with van der Waals surface area (Å²) in [6.07, 6.45) is 0. The van der Waals surface area contributed by atoms with Gasteiger partial charge in [-0.25, -0.2) is 9.97 Å². The van der Waals surface area contributed by atoms with Gasteiger partial charge < -0.3 is 0 Å². The van der Waals surface area contributed by atoms with Crippen molar-refractivity contribution in [1.82, 2.24) is 19.1 Å². The first-order valence-electron chi connectivity index (χ1n) is 15.1. The molecule has 210 valence electrons. The molecule has 0 saturated heterocycles. The van der Waals surface area contributed by atoms with E-state index >= 15 is 0 Å². The predicted molar refractivity (Wildman–Crippen MR) is 186 cm³/mol. The number of hydrogen-bond donors (Lipinski definition) is 0. The molecule has 0 fully saturated rings. The van der Waals surface area contributed by atoms with Gasteiger partial charge in [0, 0.05) is 42.8 Å². The van der Waals surface area contributed by atoms with Crippen LogP contribution in [-0.4, -0.2) is 19.1 Å². The highest BCUT2D eigenvalue weighted by Gasteiger charge is 2.28. The molecule has 3 aromatic heterocycles. The van der Waals surface area contributed by atoms with Crippen LogP contribution in [0.15, 0.2) is 155 Å². The van der Waals surface area contributed by atoms with Crippen LogP contribution >= 0.6 is 11.8 Å². The first kappa shape index (κ1) is 24.8. The average molecular weight is 593 g/mol. The second-order valence-corrected chi connectivity index (χ2v) is 12.5. The van der Waals surface area contributed by atoms with Crippen LogP contribution in [0.25, 0.3) is 77.8 Å². The molecule has 5 heteroatoms. The van der Waals surface area contributed by atoms with Crippen molar-refractivity contribution in [3.8, 4) is 33.9 Å². The lowest BCUT2D eigenvalue weighted by Gasteiger charge is -2.22. The van der Waals surface area contributed by atoms with Crippen molar-refractivity contribution in [2.75, 3.05) is 0 Å². The maximum atomic E-state index is 5.19. The minimum atomic E-state index is 0.892. The molecular weight excluding hydrogens is 569 g/mol. The van der Waals surface area contributed by atoms with Crippen molar-refractivity contribution in [3.05, 3.63) is 146 Å². The zero-order valence-corrected chi connectivity index (χ0v) is 24.9. The van der Waals surface area contributed by atoms with Crippen LogP contribution in [-0.2, 0) is 0 Å². The number of aromatic nitrogens is 4. The lowest BCUT2D eigenvalue weighted by atomic mass is 10.0. The highest BCUT2D eigenvalue weighted by Crippen LogP contribution is 2.50. The van der Waals surface area contributed by atoms with Gasteiger partial charge in [-0.15, -0.1) is 0 Å². The van der Waals surface area contributed by atoms with Crippen LogP contribution in [0.4, 0.5) is 0 Å². The molecule has 1 aliphatic heterocycles. The van der Waals surface area contributed by atoms with Gasteiger partial charge in [-0.1, -0.05) is 109 Å². The molecule has 9 aromatic rings. The Bertz CT molecular complexity index is 2620. The van der Waals surface area contributed by atoms with Gasteiger partial charge in [-0.05, 0) is 48.5 Å². The molecule has 0 radical (unpaired) electrons. The van der Waals surface area contributed by atoms with E-state index in [0.717, 1.165) is 39.2 Å². The number of fused-ring (bicyclic) bond motifs is 8. The molecule has 6 aromatic carbocycles. The van der Waals surface area contributed by atoms with Crippen molar-refractivity contribution < 1.29 is 0 Å². The van der Waals surface area contributed by atoms with E-state index in [1.165, 1.54) is 48.3 Å². The first-order valence-corrected chi connectivity index (χ1v) is 15.9. The van der Waals surface area contributed by atoms with E-state index in [2.05, 4.69) is 124 Å². The van der Waals surface area contributed by atoms with E-state index in [0.29, 0.717) is 0 Å². The lowest BCUT2D eigenvalue weighted by Crippen LogP contribution is -2.06. The van der Waals surface area contributed by atoms with Crippen LogP contribution < -0.4 is 0 Å². The number of benzene rings is 6. The van der Waals surface area contributed by atoms with E-state index in [1.54, 1.807) is 0 Å². The predicted octanol–water partition coefficient (Wildman–Crippen LogP) is 10.5. The van der Waals surface area contributed by atoms with E-state index < -0.39 is 0 Å². The van der Waals surface area contributed by atoms with Crippen molar-refractivity contribution in [2.45, 2.75) is 9.79 Å². The molecule has 10 rings (SSSR count). The van der Waals surface area contributed by atoms with Gasteiger partial charge in [0.05, 0.1) is 39.1 Å². The number of rotatable bonds is 3. The molecule has 4 nitrogen and oxygen atoms in total. The second kappa shape index (κ2) is 9.42. The molecule has 0 aliphatic carbocycles. The van der Waals surface area contributed by atoms with Gasteiger partial charge in [0.2, 0.25) is 0 Å². The molecule has 0 atom stereocenters. The Morgan fingerprint density at radius 2 is 1.16 bits per heavy atom. The Kier molecular flexibility index (Phi) is 5.18. The summed E-state index contributed by atoms with van der Waals surface area (Å²) < 4.78 is 4.90. The quantitative estimate of drug-likeness (QED) is 0.205. The highest BCUT2D eigenvalue weighted by molar-refractivity contribution is 7.99. The normalized spacial score (nSPS) is 12.4. The second-order valence-electron chi connectivity index (χ2n) is 11.4. The van der Waals surface area contributed by atoms with Crippen molar-refractivity contribution in [1.29, 1.82) is 0 Å². The third-order valence-corrected chi connectivity index (χ3v) is 9.98. The Morgan fingerprint density at radius 1 is 0.489 bits per heavy atom. The fourth-order valence-corrected chi connectivity index (χ4v) is 8.10. The van der Waals surface area contributed by atoms with Crippen LogP contribution in [0.1, 0.15) is 0 Å². The number of para-hydroxylation sites is 5. The van der Waals surface area contributed by atoms with Crippen molar-refractivity contribution in [3.63, 3.8) is 0 Å². The molecule has 45 heavy (non-hydrogen) atoms. The zero-order valence-electron chi connectivity index (χ0n) is 24.1. The Hall–Kier alpha value is -5.65. The minimum absolute atomic E-state index is 0.892. The SMILES string of the molecule is c1ccc(-c2nc3ccccc3nc2-c2ccc3c(c2)Sc2cccc4c5c6ccccc6n(-c6ccccc6)c5n-3c24)cc1. The monoisotopic (exact) mass is 592 g/mol. The van der Waals surface area contributed by atoms with Gasteiger partial charge in [0.1, 0.15) is 5.65 Å². The van der Waals surface area contributed by atoms with E-state index in [-0.39, 0.29) is 0 Å². The average Bonchev–Trinajstić information content (AvgIpc) is 3.62. The molecule has 0 amide bonds. The van der Waals surface area contributed by atoms with Crippen molar-refractivity contribution in [2.24, 2.45) is 0 Å². The molecular formula is C40H24N4S. The summed E-state index contributed by atoms with van der Waals surface area (Å²) in [5.74, 6) is 0. The summed E-state index contributed by atoms with van der Waals surface area (Å²) in [4.78, 5) is 12.8. The van der Waals surface area contributed by atoms with Crippen molar-refractivity contribution >= 4 is 55.6 Å². The Morgan fingerprint density at radius 3 is 1.96 bits per heavy atom. The summed E-state index contributed by atoms with van der Waals surface area (Å²) in [5, 5.41) is 3.83. The first-order chi connectivity index (χ1) is 22.3. The molecule has 0 bridgehead atoms. The van der Waals surface area contributed by atoms with Crippen LogP contribution in [0.5, 0.6) is 0 Å². The summed E-state index contributed by atoms with van der Waals surface area (Å²) in [6, 6.07) is 51.5. The van der Waals surface area contributed by atoms with Crippen LogP contribution in [0.3, 0.4) is 0 Å². The zero-order chi connectivity index (χ0) is 29.5. The van der Waals surface area contributed by atoms with Gasteiger partial charge in [-0.2, -0.15) is 0 Å². The molecule has 4 heterocycles. The molecule has 0 unspecified atom stereocenters. The molecule has 0 saturated carbocycles. The third kappa shape index (κ3) is 3.56. The van der Waals surface area contributed by atoms with Gasteiger partial charge >= 0.3 is 0 Å². The topological polar surface area (TPSA) is 35.6 Å². The van der Waals surface area contributed by atoms with E-state index in [1.807, 2.05) is 42.1 Å². The number of hydrogen-bond acceptors (Lipinski definition) is 3. The Labute approximate surface area is 263 Å². The van der Waals surface area contributed by atoms with Gasteiger partial charge in [-0.3, -0.25) is 9.13 Å². The number of nitrogens with zero attached hydrogens (tertiary/aromatic N) is 4. The summed E-state index contributed by atoms with van der Waals surface area (Å²) in [5.41, 5.74) is 11.7. The fourth-order valence-electron chi connectivity index (χ4n) is 6.96. The maximum Gasteiger partial charge on any atom is 0.131 e. The standard InChI is InChI=1S/C40H24N4S/c1-3-12-25(13-4-1)37-38(42-31-19-9-8-18-30(31)41-37)26-22-23-33-35(24-26)45-34-21-11-17-29-36-28-16-7-10-20-32(28)43(27-14-5-2-6-15-27)40(36)44(33)39(29)34/h1-24H. The van der Waals surface area contributed by atoms with Crippen LogP contribution in [0.2, 0.25) is 0 Å². The van der Waals surface area contributed by atoms with E-state index in [9.17, 15) is 0 Å². The van der Waals surface area contributed by atoms with E-state index in [4.69, 9.17) is 9.97 Å². The maximum absolute atomic E-state index is 5.19. The van der Waals surface area contributed by atoms with Gasteiger partial charge in [0.15, 0.2) is 0 Å². The summed E-state index contributed by atoms with van der Waals surface area (Å²) in [7, 11) is 0. The van der Waals surface area contributed by atoms with Crippen LogP contribution in [0, 0.1) is 0 Å². The summed E-state index contributed by atoms with van der Waals surface area (Å²) in [6.45, 7) is 0. The highest BCUT2D eigenvalue weighted by atomic mass is 32.2. The van der Waals surface area contributed by atoms with Gasteiger partial charge in [0.25, 0.3) is 0 Å². The molecule has 0 N–H and O–H groups in total. The minimum Gasteiger partial charge on any atom is -0.295 e. The Balaban J connectivity index is 1.27. The third-order valence-electron chi connectivity index (χ3n) is 8.88. The lowest BCUT2D eigenvalue weighted by molar-refractivity contribution is 1.03. The molecule has 1 aliphatic rings.